The summed E-state index contributed by atoms with van der Waals surface area (Å²) in [5.41, 5.74) is 13.8. The second-order valence-corrected chi connectivity index (χ2v) is 12.0. The molecular formula is C34H43N5O7. The molecule has 246 valence electrons. The maximum Gasteiger partial charge on any atom is 0.334 e. The molecule has 0 saturated carbocycles. The minimum Gasteiger partial charge on any atom is -0.507 e. The zero-order valence-electron chi connectivity index (χ0n) is 26.4. The molecule has 3 atom stereocenters. The molecule has 4 heterocycles. The van der Waals surface area contributed by atoms with Crippen molar-refractivity contribution in [2.24, 2.45) is 11.5 Å². The summed E-state index contributed by atoms with van der Waals surface area (Å²) < 4.78 is 19.1. The smallest absolute Gasteiger partial charge is 0.334 e. The first-order valence-corrected chi connectivity index (χ1v) is 15.5. The Bertz CT molecular complexity index is 1720. The SMILES string of the molecule is CC=C(CCNC)C(=O)OC1Cc2c(c(CC3=CCNC(N)=C3)c3oc(CO)cc(=O)c3c2O)OC1(C)CCC1=CNC(N)C=C1. The predicted molar refractivity (Wildman–Crippen MR) is 175 cm³/mol. The van der Waals surface area contributed by atoms with Crippen LogP contribution >= 0.6 is 0 Å². The number of hydrogen-bond donors (Lipinski definition) is 7. The first-order chi connectivity index (χ1) is 22.1. The standard InChI is InChI=1S/C34H43N5O7/c1-4-21(9-11-37-3)33(43)45-26-16-23-30(42)29-25(41)15-22(18-40)44-32(29)24(13-20-8-12-38-28(36)14-20)31(23)46-34(26,2)10-7-19-5-6-27(35)39-17-19/h4-6,8,14-15,17,26-27,37-40,42H,7,9-13,16,18,35-36H2,1-3H3. The van der Waals surface area contributed by atoms with Gasteiger partial charge in [0.1, 0.15) is 46.5 Å². The second-order valence-electron chi connectivity index (χ2n) is 12.0. The van der Waals surface area contributed by atoms with E-state index < -0.39 is 29.7 Å². The molecule has 0 amide bonds. The van der Waals surface area contributed by atoms with Gasteiger partial charge in [0.2, 0.25) is 0 Å². The number of fused-ring (bicyclic) bond motifs is 2. The number of benzene rings is 1. The number of phenols is 1. The lowest BCUT2D eigenvalue weighted by molar-refractivity contribution is -0.159. The molecule has 12 nitrogen and oxygen atoms in total. The quantitative estimate of drug-likeness (QED) is 0.141. The Labute approximate surface area is 267 Å². The summed E-state index contributed by atoms with van der Waals surface area (Å²) in [6, 6.07) is 1.16. The average molecular weight is 634 g/mol. The molecule has 0 spiro atoms. The second kappa shape index (κ2) is 13.9. The van der Waals surface area contributed by atoms with E-state index in [-0.39, 0.29) is 41.5 Å². The van der Waals surface area contributed by atoms with Crippen molar-refractivity contribution in [1.82, 2.24) is 16.0 Å². The van der Waals surface area contributed by atoms with E-state index in [1.54, 1.807) is 19.1 Å². The lowest BCUT2D eigenvalue weighted by Gasteiger charge is -2.43. The Morgan fingerprint density at radius 1 is 1.33 bits per heavy atom. The molecule has 0 fully saturated rings. The molecule has 0 aliphatic carbocycles. The minimum absolute atomic E-state index is 0.0298. The summed E-state index contributed by atoms with van der Waals surface area (Å²) in [4.78, 5) is 26.8. The summed E-state index contributed by atoms with van der Waals surface area (Å²) in [5, 5.41) is 30.6. The maximum atomic E-state index is 13.5. The number of hydrogen-bond acceptors (Lipinski definition) is 12. The van der Waals surface area contributed by atoms with E-state index in [1.807, 2.05) is 38.4 Å². The highest BCUT2D eigenvalue weighted by Gasteiger charge is 2.46. The van der Waals surface area contributed by atoms with Gasteiger partial charge in [0.25, 0.3) is 0 Å². The highest BCUT2D eigenvalue weighted by molar-refractivity contribution is 5.91. The van der Waals surface area contributed by atoms with Gasteiger partial charge in [-0.1, -0.05) is 18.2 Å². The van der Waals surface area contributed by atoms with E-state index in [1.165, 1.54) is 0 Å². The molecule has 1 aromatic carbocycles. The number of rotatable bonds is 11. The summed E-state index contributed by atoms with van der Waals surface area (Å²) in [5.74, 6) is 0.115. The van der Waals surface area contributed by atoms with Gasteiger partial charge in [0, 0.05) is 48.4 Å². The van der Waals surface area contributed by atoms with E-state index >= 15 is 0 Å². The molecule has 1 aromatic heterocycles. The fourth-order valence-corrected chi connectivity index (χ4v) is 6.00. The van der Waals surface area contributed by atoms with Gasteiger partial charge in [0.15, 0.2) is 5.43 Å². The number of carbonyl (C=O) groups excluding carboxylic acids is 1. The number of esters is 1. The van der Waals surface area contributed by atoms with Crippen LogP contribution in [0.3, 0.4) is 0 Å². The van der Waals surface area contributed by atoms with Crippen LogP contribution in [0.5, 0.6) is 11.5 Å². The van der Waals surface area contributed by atoms with Crippen LogP contribution in [-0.2, 0) is 29.0 Å². The van der Waals surface area contributed by atoms with Gasteiger partial charge in [-0.3, -0.25) is 4.79 Å². The first-order valence-electron chi connectivity index (χ1n) is 15.5. The van der Waals surface area contributed by atoms with Crippen LogP contribution in [0.1, 0.15) is 50.0 Å². The van der Waals surface area contributed by atoms with Crippen LogP contribution in [0.25, 0.3) is 11.0 Å². The van der Waals surface area contributed by atoms with Crippen LogP contribution in [0.15, 0.2) is 74.4 Å². The molecule has 0 radical (unpaired) electrons. The van der Waals surface area contributed by atoms with E-state index in [0.717, 1.165) is 17.2 Å². The first kappa shape index (κ1) is 32.9. The number of phenolic OH excluding ortho intramolecular Hbond substituents is 1. The zero-order chi connectivity index (χ0) is 33.0. The summed E-state index contributed by atoms with van der Waals surface area (Å²) in [6.45, 7) is 4.28. The van der Waals surface area contributed by atoms with Crippen molar-refractivity contribution in [2.75, 3.05) is 20.1 Å². The predicted octanol–water partition coefficient (Wildman–Crippen LogP) is 2.13. The summed E-state index contributed by atoms with van der Waals surface area (Å²) >= 11 is 0. The van der Waals surface area contributed by atoms with Gasteiger partial charge in [-0.15, -0.1) is 0 Å². The van der Waals surface area contributed by atoms with Crippen LogP contribution in [-0.4, -0.2) is 54.2 Å². The highest BCUT2D eigenvalue weighted by atomic mass is 16.6. The minimum atomic E-state index is -1.06. The highest BCUT2D eigenvalue weighted by Crippen LogP contribution is 2.48. The fraction of sp³-hybridized carbons (Fsp3) is 0.412. The lowest BCUT2D eigenvalue weighted by atomic mass is 9.82. The van der Waals surface area contributed by atoms with Gasteiger partial charge < -0.3 is 51.5 Å². The van der Waals surface area contributed by atoms with Gasteiger partial charge in [-0.2, -0.15) is 0 Å². The number of aliphatic hydroxyl groups excluding tert-OH is 1. The summed E-state index contributed by atoms with van der Waals surface area (Å²) in [7, 11) is 1.81. The number of dihydropyridines is 2. The molecule has 3 aliphatic heterocycles. The molecule has 12 heteroatoms. The van der Waals surface area contributed by atoms with Crippen LogP contribution in [0.2, 0.25) is 0 Å². The topological polar surface area (TPSA) is 194 Å². The van der Waals surface area contributed by atoms with E-state index in [0.29, 0.717) is 60.6 Å². The Balaban J connectivity index is 1.63. The Hall–Kier alpha value is -4.52. The van der Waals surface area contributed by atoms with Crippen molar-refractivity contribution in [3.8, 4) is 11.5 Å². The van der Waals surface area contributed by atoms with Crippen molar-refractivity contribution in [2.45, 2.75) is 70.4 Å². The van der Waals surface area contributed by atoms with Gasteiger partial charge in [-0.25, -0.2) is 4.79 Å². The van der Waals surface area contributed by atoms with Crippen LogP contribution in [0.4, 0.5) is 0 Å². The Morgan fingerprint density at radius 3 is 2.80 bits per heavy atom. The van der Waals surface area contributed by atoms with Gasteiger partial charge in [0.05, 0.1) is 12.0 Å². The zero-order valence-corrected chi connectivity index (χ0v) is 26.4. The Kier molecular flexibility index (Phi) is 9.90. The third-order valence-corrected chi connectivity index (χ3v) is 8.69. The molecule has 0 bridgehead atoms. The number of ether oxygens (including phenoxy) is 2. The third kappa shape index (κ3) is 6.84. The molecule has 3 aliphatic rings. The van der Waals surface area contributed by atoms with Gasteiger partial charge in [-0.05, 0) is 70.0 Å². The molecule has 3 unspecified atom stereocenters. The van der Waals surface area contributed by atoms with Crippen molar-refractivity contribution in [3.05, 3.63) is 92.3 Å². The van der Waals surface area contributed by atoms with Crippen molar-refractivity contribution in [3.63, 3.8) is 0 Å². The molecule has 2 aromatic rings. The van der Waals surface area contributed by atoms with E-state index in [4.69, 9.17) is 25.4 Å². The number of nitrogens with two attached hydrogens (primary N) is 2. The largest absolute Gasteiger partial charge is 0.507 e. The van der Waals surface area contributed by atoms with Crippen LogP contribution < -0.4 is 37.6 Å². The fourth-order valence-electron chi connectivity index (χ4n) is 6.00. The molecule has 46 heavy (non-hydrogen) atoms. The van der Waals surface area contributed by atoms with Crippen molar-refractivity contribution >= 4 is 16.9 Å². The van der Waals surface area contributed by atoms with Gasteiger partial charge >= 0.3 is 5.97 Å². The van der Waals surface area contributed by atoms with Crippen molar-refractivity contribution < 1.29 is 28.9 Å². The summed E-state index contributed by atoms with van der Waals surface area (Å²) in [6.07, 6.45) is 11.9. The normalized spacial score (nSPS) is 22.5. The third-order valence-electron chi connectivity index (χ3n) is 8.69. The van der Waals surface area contributed by atoms with E-state index in [9.17, 15) is 19.8 Å². The average Bonchev–Trinajstić information content (AvgIpc) is 3.03. The number of aliphatic hydroxyl groups is 1. The van der Waals surface area contributed by atoms with Crippen LogP contribution in [0, 0.1) is 0 Å². The number of nitrogens with one attached hydrogen (secondary N) is 3. The molecule has 9 N–H and O–H groups in total. The molecular weight excluding hydrogens is 590 g/mol. The maximum absolute atomic E-state index is 13.5. The van der Waals surface area contributed by atoms with E-state index in [2.05, 4.69) is 16.0 Å². The molecule has 5 rings (SSSR count). The number of aromatic hydroxyl groups is 1. The monoisotopic (exact) mass is 633 g/mol. The van der Waals surface area contributed by atoms with Crippen molar-refractivity contribution in [1.29, 1.82) is 0 Å². The number of allylic oxidation sites excluding steroid dienone is 5. The Morgan fingerprint density at radius 2 is 2.13 bits per heavy atom. The number of carbonyl (C=O) groups is 1. The lowest BCUT2D eigenvalue weighted by Crippen LogP contribution is -2.51. The molecule has 0 saturated heterocycles.